The number of thiophene rings is 1. The van der Waals surface area contributed by atoms with Crippen LogP contribution in [-0.2, 0) is 0 Å². The standard InChI is InChI=1S/C17H17N3OS/c1-3-21-15-9-14(13-7-8-22-11-13)10-18-17(15)20-16-6-4-5-12(2)19-16/h4-11H,3H2,1-2H3,(H,18,19,20). The molecule has 3 rings (SSSR count). The van der Waals surface area contributed by atoms with Gasteiger partial charge in [-0.2, -0.15) is 11.3 Å². The lowest BCUT2D eigenvalue weighted by atomic mass is 10.1. The summed E-state index contributed by atoms with van der Waals surface area (Å²) in [7, 11) is 0. The van der Waals surface area contributed by atoms with Crippen molar-refractivity contribution in [2.75, 3.05) is 11.9 Å². The molecule has 112 valence electrons. The summed E-state index contributed by atoms with van der Waals surface area (Å²) in [6.07, 6.45) is 1.85. The zero-order chi connectivity index (χ0) is 15.4. The van der Waals surface area contributed by atoms with Gasteiger partial charge >= 0.3 is 0 Å². The number of nitrogens with one attached hydrogen (secondary N) is 1. The van der Waals surface area contributed by atoms with Crippen LogP contribution in [0, 0.1) is 6.92 Å². The molecule has 3 heterocycles. The van der Waals surface area contributed by atoms with Crippen LogP contribution < -0.4 is 10.1 Å². The van der Waals surface area contributed by atoms with Crippen molar-refractivity contribution in [3.05, 3.63) is 53.0 Å². The second kappa shape index (κ2) is 6.58. The maximum absolute atomic E-state index is 5.73. The Morgan fingerprint density at radius 2 is 2.14 bits per heavy atom. The number of aryl methyl sites for hydroxylation is 1. The van der Waals surface area contributed by atoms with Crippen molar-refractivity contribution >= 4 is 23.0 Å². The van der Waals surface area contributed by atoms with Crippen molar-refractivity contribution in [1.82, 2.24) is 9.97 Å². The highest BCUT2D eigenvalue weighted by molar-refractivity contribution is 7.08. The van der Waals surface area contributed by atoms with Gasteiger partial charge in [-0.15, -0.1) is 0 Å². The summed E-state index contributed by atoms with van der Waals surface area (Å²) in [6.45, 7) is 4.51. The lowest BCUT2D eigenvalue weighted by Crippen LogP contribution is -2.02. The molecule has 0 fully saturated rings. The third kappa shape index (κ3) is 3.26. The fourth-order valence-electron chi connectivity index (χ4n) is 2.12. The minimum atomic E-state index is 0.588. The minimum absolute atomic E-state index is 0.588. The van der Waals surface area contributed by atoms with Gasteiger partial charge in [0.2, 0.25) is 0 Å². The molecule has 5 heteroatoms. The van der Waals surface area contributed by atoms with Crippen LogP contribution in [0.2, 0.25) is 0 Å². The summed E-state index contributed by atoms with van der Waals surface area (Å²) in [5.74, 6) is 2.17. The van der Waals surface area contributed by atoms with E-state index in [4.69, 9.17) is 4.74 Å². The highest BCUT2D eigenvalue weighted by Crippen LogP contribution is 2.31. The van der Waals surface area contributed by atoms with E-state index in [9.17, 15) is 0 Å². The number of rotatable bonds is 5. The second-order valence-electron chi connectivity index (χ2n) is 4.80. The van der Waals surface area contributed by atoms with Gasteiger partial charge in [0.1, 0.15) is 5.82 Å². The van der Waals surface area contributed by atoms with Gasteiger partial charge in [-0.1, -0.05) is 6.07 Å². The molecule has 0 unspecified atom stereocenters. The molecule has 0 aromatic carbocycles. The van der Waals surface area contributed by atoms with E-state index in [1.807, 2.05) is 44.3 Å². The van der Waals surface area contributed by atoms with Crippen molar-refractivity contribution in [3.8, 4) is 16.9 Å². The first-order chi connectivity index (χ1) is 10.8. The zero-order valence-electron chi connectivity index (χ0n) is 12.5. The molecule has 0 saturated carbocycles. The molecule has 3 aromatic rings. The normalized spacial score (nSPS) is 10.5. The maximum Gasteiger partial charge on any atom is 0.174 e. The molecule has 3 aromatic heterocycles. The fraction of sp³-hybridized carbons (Fsp3) is 0.176. The van der Waals surface area contributed by atoms with Gasteiger partial charge in [-0.05, 0) is 54.4 Å². The van der Waals surface area contributed by atoms with Gasteiger partial charge < -0.3 is 10.1 Å². The minimum Gasteiger partial charge on any atom is -0.490 e. The Labute approximate surface area is 133 Å². The van der Waals surface area contributed by atoms with Crippen LogP contribution in [0.3, 0.4) is 0 Å². The highest BCUT2D eigenvalue weighted by Gasteiger charge is 2.09. The van der Waals surface area contributed by atoms with E-state index in [-0.39, 0.29) is 0 Å². The first kappa shape index (κ1) is 14.5. The smallest absolute Gasteiger partial charge is 0.174 e. The van der Waals surface area contributed by atoms with Crippen LogP contribution in [-0.4, -0.2) is 16.6 Å². The molecule has 0 saturated heterocycles. The number of ether oxygens (including phenoxy) is 1. The number of nitrogens with zero attached hydrogens (tertiary/aromatic N) is 2. The van der Waals surface area contributed by atoms with Gasteiger partial charge in [0.05, 0.1) is 6.61 Å². The Bertz CT molecular complexity index is 756. The lowest BCUT2D eigenvalue weighted by Gasteiger charge is -2.12. The number of anilines is 2. The summed E-state index contributed by atoms with van der Waals surface area (Å²) in [5, 5.41) is 7.38. The number of pyridine rings is 2. The van der Waals surface area contributed by atoms with Gasteiger partial charge in [0.25, 0.3) is 0 Å². The molecule has 0 atom stereocenters. The maximum atomic E-state index is 5.73. The molecule has 0 radical (unpaired) electrons. The molecule has 0 amide bonds. The van der Waals surface area contributed by atoms with Crippen molar-refractivity contribution in [2.24, 2.45) is 0 Å². The van der Waals surface area contributed by atoms with Gasteiger partial charge in [-0.25, -0.2) is 9.97 Å². The Balaban J connectivity index is 1.93. The Kier molecular flexibility index (Phi) is 4.34. The van der Waals surface area contributed by atoms with E-state index in [0.717, 1.165) is 28.4 Å². The van der Waals surface area contributed by atoms with E-state index >= 15 is 0 Å². The molecule has 4 nitrogen and oxygen atoms in total. The van der Waals surface area contributed by atoms with Gasteiger partial charge in [0, 0.05) is 17.5 Å². The summed E-state index contributed by atoms with van der Waals surface area (Å²) < 4.78 is 5.73. The predicted octanol–water partition coefficient (Wildman–Crippen LogP) is 4.66. The monoisotopic (exact) mass is 311 g/mol. The molecule has 0 aliphatic heterocycles. The van der Waals surface area contributed by atoms with Crippen molar-refractivity contribution in [1.29, 1.82) is 0 Å². The molecular formula is C17H17N3OS. The van der Waals surface area contributed by atoms with Crippen LogP contribution in [0.5, 0.6) is 5.75 Å². The van der Waals surface area contributed by atoms with Gasteiger partial charge in [0.15, 0.2) is 11.6 Å². The molecular weight excluding hydrogens is 294 g/mol. The van der Waals surface area contributed by atoms with Crippen LogP contribution in [0.25, 0.3) is 11.1 Å². The quantitative estimate of drug-likeness (QED) is 0.744. The van der Waals surface area contributed by atoms with Crippen molar-refractivity contribution in [2.45, 2.75) is 13.8 Å². The average molecular weight is 311 g/mol. The van der Waals surface area contributed by atoms with E-state index in [1.165, 1.54) is 0 Å². The largest absolute Gasteiger partial charge is 0.490 e. The summed E-state index contributed by atoms with van der Waals surface area (Å²) >= 11 is 1.67. The molecule has 0 aliphatic rings. The van der Waals surface area contributed by atoms with Crippen LogP contribution >= 0.6 is 11.3 Å². The summed E-state index contributed by atoms with van der Waals surface area (Å²) in [4.78, 5) is 8.94. The van der Waals surface area contributed by atoms with Crippen molar-refractivity contribution < 1.29 is 4.74 Å². The summed E-state index contributed by atoms with van der Waals surface area (Å²) in [5.41, 5.74) is 3.16. The third-order valence-electron chi connectivity index (χ3n) is 3.14. The second-order valence-corrected chi connectivity index (χ2v) is 5.59. The predicted molar refractivity (Wildman–Crippen MR) is 91.0 cm³/mol. The fourth-order valence-corrected chi connectivity index (χ4v) is 2.79. The first-order valence-corrected chi connectivity index (χ1v) is 8.06. The highest BCUT2D eigenvalue weighted by atomic mass is 32.1. The van der Waals surface area contributed by atoms with Crippen LogP contribution in [0.15, 0.2) is 47.3 Å². The van der Waals surface area contributed by atoms with Crippen LogP contribution in [0.1, 0.15) is 12.6 Å². The Morgan fingerprint density at radius 1 is 1.23 bits per heavy atom. The third-order valence-corrected chi connectivity index (χ3v) is 3.83. The molecule has 0 aliphatic carbocycles. The molecule has 0 bridgehead atoms. The Hall–Kier alpha value is -2.40. The van der Waals surface area contributed by atoms with E-state index in [0.29, 0.717) is 12.4 Å². The van der Waals surface area contributed by atoms with Gasteiger partial charge in [-0.3, -0.25) is 0 Å². The van der Waals surface area contributed by atoms with Crippen molar-refractivity contribution in [3.63, 3.8) is 0 Å². The van der Waals surface area contributed by atoms with Crippen LogP contribution in [0.4, 0.5) is 11.6 Å². The van der Waals surface area contributed by atoms with E-state index in [1.54, 1.807) is 11.3 Å². The molecule has 1 N–H and O–H groups in total. The average Bonchev–Trinajstić information content (AvgIpc) is 3.04. The first-order valence-electron chi connectivity index (χ1n) is 7.12. The van der Waals surface area contributed by atoms with E-state index in [2.05, 4.69) is 32.1 Å². The number of aromatic nitrogens is 2. The Morgan fingerprint density at radius 3 is 2.86 bits per heavy atom. The summed E-state index contributed by atoms with van der Waals surface area (Å²) in [6, 6.07) is 9.92. The number of hydrogen-bond donors (Lipinski definition) is 1. The number of hydrogen-bond acceptors (Lipinski definition) is 5. The zero-order valence-corrected chi connectivity index (χ0v) is 13.4. The SMILES string of the molecule is CCOc1cc(-c2ccsc2)cnc1Nc1cccc(C)n1. The molecule has 22 heavy (non-hydrogen) atoms. The lowest BCUT2D eigenvalue weighted by molar-refractivity contribution is 0.341. The molecule has 0 spiro atoms. The topological polar surface area (TPSA) is 47.0 Å². The van der Waals surface area contributed by atoms with E-state index < -0.39 is 0 Å².